The van der Waals surface area contributed by atoms with Crippen LogP contribution in [-0.4, -0.2) is 25.4 Å². The van der Waals surface area contributed by atoms with E-state index in [0.717, 1.165) is 31.0 Å². The number of nitrogens with one attached hydrogen (secondary N) is 1. The Bertz CT molecular complexity index is 679. The third-order valence-corrected chi connectivity index (χ3v) is 5.78. The summed E-state index contributed by atoms with van der Waals surface area (Å²) in [5, 5.41) is 10.5. The number of nitro groups is 1. The van der Waals surface area contributed by atoms with E-state index in [4.69, 9.17) is 17.3 Å². The van der Waals surface area contributed by atoms with Crippen molar-refractivity contribution in [3.05, 3.63) is 33.3 Å². The summed E-state index contributed by atoms with van der Waals surface area (Å²) in [4.78, 5) is 9.83. The van der Waals surface area contributed by atoms with E-state index in [1.54, 1.807) is 6.92 Å². The van der Waals surface area contributed by atoms with E-state index >= 15 is 0 Å². The maximum absolute atomic E-state index is 12.4. The van der Waals surface area contributed by atoms with Gasteiger partial charge in [0.05, 0.1) is 9.95 Å². The van der Waals surface area contributed by atoms with Crippen LogP contribution in [0.4, 0.5) is 5.69 Å². The van der Waals surface area contributed by atoms with Crippen molar-refractivity contribution >= 4 is 39.7 Å². The Morgan fingerprint density at radius 3 is 2.50 bits per heavy atom. The van der Waals surface area contributed by atoms with Crippen molar-refractivity contribution in [2.24, 2.45) is 11.7 Å². The fourth-order valence-corrected chi connectivity index (χ4v) is 4.21. The summed E-state index contributed by atoms with van der Waals surface area (Å²) in [6.45, 7) is 1.92. The Labute approximate surface area is 139 Å². The predicted octanol–water partition coefficient (Wildman–Crippen LogP) is 2.08. The molecule has 124 valence electrons. The summed E-state index contributed by atoms with van der Waals surface area (Å²) in [6.07, 6.45) is 1.84. The van der Waals surface area contributed by atoms with Crippen LogP contribution in [0.2, 0.25) is 5.02 Å². The lowest BCUT2D eigenvalue weighted by molar-refractivity contribution is -0.384. The van der Waals surface area contributed by atoms with Crippen LogP contribution in [0.3, 0.4) is 0 Å². The number of nitro benzene ring substituents is 1. The maximum atomic E-state index is 12.4. The first kappa shape index (κ1) is 19.1. The molecule has 0 spiro atoms. The van der Waals surface area contributed by atoms with Crippen LogP contribution in [0.5, 0.6) is 0 Å². The molecule has 22 heavy (non-hydrogen) atoms. The molecule has 0 heterocycles. The van der Waals surface area contributed by atoms with Gasteiger partial charge in [-0.1, -0.05) is 11.6 Å². The molecule has 7 nitrogen and oxygen atoms in total. The number of rotatable bonds is 6. The molecule has 0 aromatic heterocycles. The second-order valence-corrected chi connectivity index (χ2v) is 7.43. The molecule has 1 aliphatic carbocycles. The highest BCUT2D eigenvalue weighted by atomic mass is 35.5. The van der Waals surface area contributed by atoms with Crippen molar-refractivity contribution in [2.75, 3.05) is 6.54 Å². The first-order valence-electron chi connectivity index (χ1n) is 6.37. The highest BCUT2D eigenvalue weighted by Gasteiger charge is 2.43. The van der Waals surface area contributed by atoms with Gasteiger partial charge in [0.25, 0.3) is 5.69 Å². The van der Waals surface area contributed by atoms with Crippen LogP contribution >= 0.6 is 24.0 Å². The quantitative estimate of drug-likeness (QED) is 0.588. The van der Waals surface area contributed by atoms with E-state index in [9.17, 15) is 18.5 Å². The van der Waals surface area contributed by atoms with Crippen LogP contribution in [0.25, 0.3) is 0 Å². The first-order valence-corrected chi connectivity index (χ1v) is 8.24. The zero-order chi connectivity index (χ0) is 15.8. The van der Waals surface area contributed by atoms with Crippen molar-refractivity contribution in [1.29, 1.82) is 0 Å². The smallest absolute Gasteiger partial charge is 0.271 e. The van der Waals surface area contributed by atoms with Crippen molar-refractivity contribution in [2.45, 2.75) is 30.2 Å². The second-order valence-electron chi connectivity index (χ2n) is 5.37. The number of nitrogens with two attached hydrogens (primary N) is 1. The molecule has 3 N–H and O–H groups in total. The SMILES string of the molecule is CC(CN)(NS(=O)(=O)c1ccc([N+](=O)[O-])cc1Cl)C1CC1.Cl. The topological polar surface area (TPSA) is 115 Å². The average Bonchev–Trinajstić information content (AvgIpc) is 3.22. The van der Waals surface area contributed by atoms with E-state index in [1.165, 1.54) is 0 Å². The van der Waals surface area contributed by atoms with Gasteiger partial charge in [0.1, 0.15) is 4.90 Å². The molecule has 1 aromatic rings. The third-order valence-electron chi connectivity index (χ3n) is 3.69. The molecular weight excluding hydrogens is 353 g/mol. The van der Waals surface area contributed by atoms with Crippen molar-refractivity contribution in [3.63, 3.8) is 0 Å². The zero-order valence-corrected chi connectivity index (χ0v) is 14.2. The predicted molar refractivity (Wildman–Crippen MR) is 85.9 cm³/mol. The second kappa shape index (κ2) is 6.67. The minimum absolute atomic E-state index is 0. The number of sulfonamides is 1. The molecular formula is C12H17Cl2N3O4S. The van der Waals surface area contributed by atoms with Gasteiger partial charge in [0, 0.05) is 24.2 Å². The number of halogens is 2. The normalized spacial score (nSPS) is 17.4. The van der Waals surface area contributed by atoms with Crippen molar-refractivity contribution in [1.82, 2.24) is 4.72 Å². The van der Waals surface area contributed by atoms with E-state index < -0.39 is 20.5 Å². The van der Waals surface area contributed by atoms with Gasteiger partial charge in [-0.25, -0.2) is 13.1 Å². The highest BCUT2D eigenvalue weighted by Crippen LogP contribution is 2.40. The van der Waals surface area contributed by atoms with E-state index in [2.05, 4.69) is 4.72 Å². The van der Waals surface area contributed by atoms with Crippen LogP contribution < -0.4 is 10.5 Å². The van der Waals surface area contributed by atoms with Gasteiger partial charge in [-0.2, -0.15) is 0 Å². The van der Waals surface area contributed by atoms with Gasteiger partial charge in [0.2, 0.25) is 10.0 Å². The van der Waals surface area contributed by atoms with Gasteiger partial charge >= 0.3 is 0 Å². The molecule has 1 aliphatic rings. The molecule has 2 rings (SSSR count). The lowest BCUT2D eigenvalue weighted by Gasteiger charge is -2.29. The summed E-state index contributed by atoms with van der Waals surface area (Å²) in [5.41, 5.74) is 4.69. The highest BCUT2D eigenvalue weighted by molar-refractivity contribution is 7.89. The zero-order valence-electron chi connectivity index (χ0n) is 11.8. The minimum Gasteiger partial charge on any atom is -0.329 e. The van der Waals surface area contributed by atoms with E-state index in [1.807, 2.05) is 0 Å². The number of benzene rings is 1. The number of non-ortho nitro benzene ring substituents is 1. The first-order chi connectivity index (χ1) is 9.69. The maximum Gasteiger partial charge on any atom is 0.271 e. The summed E-state index contributed by atoms with van der Waals surface area (Å²) in [5.74, 6) is 0.203. The largest absolute Gasteiger partial charge is 0.329 e. The van der Waals surface area contributed by atoms with E-state index in [0.29, 0.717) is 0 Å². The Kier molecular flexibility index (Phi) is 5.80. The molecule has 1 aromatic carbocycles. The lowest BCUT2D eigenvalue weighted by atomic mass is 9.98. The number of hydrogen-bond donors (Lipinski definition) is 2. The molecule has 0 amide bonds. The molecule has 1 unspecified atom stereocenters. The Morgan fingerprint density at radius 2 is 2.09 bits per heavy atom. The molecule has 1 atom stereocenters. The van der Waals surface area contributed by atoms with Crippen LogP contribution in [0.1, 0.15) is 19.8 Å². The summed E-state index contributed by atoms with van der Waals surface area (Å²) >= 11 is 5.87. The molecule has 0 radical (unpaired) electrons. The fraction of sp³-hybridized carbons (Fsp3) is 0.500. The fourth-order valence-electron chi connectivity index (χ4n) is 2.20. The monoisotopic (exact) mass is 369 g/mol. The van der Waals surface area contributed by atoms with Gasteiger partial charge in [0.15, 0.2) is 0 Å². The standard InChI is InChI=1S/C12H16ClN3O4S.ClH/c1-12(7-14,8-2-3-8)15-21(19,20)11-5-4-9(16(17)18)6-10(11)13;/h4-6,8,15H,2-3,7,14H2,1H3;1H. The Hall–Kier alpha value is -0.930. The van der Waals surface area contributed by atoms with Crippen LogP contribution in [0, 0.1) is 16.0 Å². The van der Waals surface area contributed by atoms with Crippen molar-refractivity contribution in [3.8, 4) is 0 Å². The van der Waals surface area contributed by atoms with Gasteiger partial charge < -0.3 is 5.73 Å². The van der Waals surface area contributed by atoms with Gasteiger partial charge in [-0.05, 0) is 31.7 Å². The lowest BCUT2D eigenvalue weighted by Crippen LogP contribution is -2.53. The molecule has 1 fully saturated rings. The summed E-state index contributed by atoms with van der Waals surface area (Å²) in [6, 6.07) is 3.26. The number of hydrogen-bond acceptors (Lipinski definition) is 5. The van der Waals surface area contributed by atoms with Gasteiger partial charge in [-0.3, -0.25) is 10.1 Å². The van der Waals surface area contributed by atoms with Crippen molar-refractivity contribution < 1.29 is 13.3 Å². The molecule has 0 bridgehead atoms. The summed E-state index contributed by atoms with van der Waals surface area (Å²) < 4.78 is 27.4. The van der Waals surface area contributed by atoms with E-state index in [-0.39, 0.29) is 40.5 Å². The summed E-state index contributed by atoms with van der Waals surface area (Å²) in [7, 11) is -3.89. The Balaban J connectivity index is 0.00000242. The van der Waals surface area contributed by atoms with Gasteiger partial charge in [-0.15, -0.1) is 12.4 Å². The third kappa shape index (κ3) is 3.88. The minimum atomic E-state index is -3.89. The van der Waals surface area contributed by atoms with Crippen LogP contribution in [0.15, 0.2) is 23.1 Å². The van der Waals surface area contributed by atoms with Crippen LogP contribution in [-0.2, 0) is 10.0 Å². The number of nitrogens with zero attached hydrogens (tertiary/aromatic N) is 1. The Morgan fingerprint density at radius 1 is 1.50 bits per heavy atom. The molecule has 0 saturated heterocycles. The average molecular weight is 370 g/mol. The molecule has 10 heteroatoms. The molecule has 0 aliphatic heterocycles. The molecule has 1 saturated carbocycles.